The van der Waals surface area contributed by atoms with Crippen molar-refractivity contribution >= 4 is 11.7 Å². The third-order valence-electron chi connectivity index (χ3n) is 5.41. The maximum Gasteiger partial charge on any atom is 0.393 e. The van der Waals surface area contributed by atoms with Gasteiger partial charge in [-0.25, -0.2) is 23.1 Å². The molecule has 2 atom stereocenters. The van der Waals surface area contributed by atoms with Crippen LogP contribution in [0.5, 0.6) is 0 Å². The Hall–Kier alpha value is -2.54. The number of hydrogen-bond donors (Lipinski definition) is 2. The Morgan fingerprint density at radius 1 is 1.39 bits per heavy atom. The molecule has 3 N–H and O–H groups in total. The summed E-state index contributed by atoms with van der Waals surface area (Å²) in [5.74, 6) is -4.64. The topological polar surface area (TPSA) is 97.8 Å². The predicted octanol–water partition coefficient (Wildman–Crippen LogP) is 3.45. The Morgan fingerprint density at radius 2 is 2.09 bits per heavy atom. The number of aromatic nitrogens is 3. The van der Waals surface area contributed by atoms with Crippen LogP contribution in [0, 0.1) is 5.41 Å². The van der Waals surface area contributed by atoms with Crippen molar-refractivity contribution in [2.24, 2.45) is 11.1 Å². The maximum atomic E-state index is 14.7. The number of nitrogens with two attached hydrogens (primary N) is 1. The van der Waals surface area contributed by atoms with Gasteiger partial charge in [-0.2, -0.15) is 18.3 Å². The number of fused-ring (bicyclic) bond motifs is 1. The Bertz CT molecular complexity index is 1160. The van der Waals surface area contributed by atoms with Crippen molar-refractivity contribution in [2.45, 2.75) is 50.9 Å². The van der Waals surface area contributed by atoms with Crippen molar-refractivity contribution < 1.29 is 37.0 Å². The zero-order valence-electron chi connectivity index (χ0n) is 22.1. The van der Waals surface area contributed by atoms with Gasteiger partial charge in [-0.3, -0.25) is 0 Å². The Kier molecular flexibility index (Phi) is 5.43. The number of hydrogen-bond acceptors (Lipinski definition) is 5. The molecule has 0 spiro atoms. The summed E-state index contributed by atoms with van der Waals surface area (Å²) in [4.78, 5) is 17.0. The molecule has 13 heteroatoms. The van der Waals surface area contributed by atoms with Gasteiger partial charge in [0.15, 0.2) is 5.65 Å². The smallest absolute Gasteiger partial charge is 0.382 e. The number of urea groups is 1. The highest BCUT2D eigenvalue weighted by Crippen LogP contribution is 2.42. The van der Waals surface area contributed by atoms with Gasteiger partial charge in [0, 0.05) is 18.7 Å². The third-order valence-corrected chi connectivity index (χ3v) is 5.41. The first-order chi connectivity index (χ1) is 16.8. The number of amides is 2. The van der Waals surface area contributed by atoms with E-state index in [1.54, 1.807) is 0 Å². The Balaban J connectivity index is 1.93. The summed E-state index contributed by atoms with van der Waals surface area (Å²) in [6, 6.07) is -2.45. The lowest BCUT2D eigenvalue weighted by Crippen LogP contribution is -2.58. The summed E-state index contributed by atoms with van der Waals surface area (Å²) < 4.78 is 106. The van der Waals surface area contributed by atoms with Crippen LogP contribution in [0.2, 0.25) is 0 Å². The number of nitrogens with zero attached hydrogens (tertiary/aromatic N) is 4. The summed E-state index contributed by atoms with van der Waals surface area (Å²) in [5.41, 5.74) is 4.46. The van der Waals surface area contributed by atoms with Crippen molar-refractivity contribution in [1.29, 1.82) is 0 Å². The zero-order valence-corrected chi connectivity index (χ0v) is 18.1. The van der Waals surface area contributed by atoms with Gasteiger partial charge in [0.1, 0.15) is 0 Å². The van der Waals surface area contributed by atoms with Crippen LogP contribution < -0.4 is 11.1 Å². The van der Waals surface area contributed by atoms with E-state index in [-0.39, 0.29) is 34.6 Å². The fourth-order valence-corrected chi connectivity index (χ4v) is 3.20. The third kappa shape index (κ3) is 5.52. The number of carbonyl (C=O) groups is 1. The molecule has 1 fully saturated rings. The first-order valence-electron chi connectivity index (χ1n) is 11.9. The summed E-state index contributed by atoms with van der Waals surface area (Å²) >= 11 is 0. The number of carbonyl (C=O) groups excluding carboxylic acids is 1. The minimum Gasteiger partial charge on any atom is -0.382 e. The average molecular weight is 482 g/mol. The van der Waals surface area contributed by atoms with Gasteiger partial charge in [0.05, 0.1) is 54.6 Å². The summed E-state index contributed by atoms with van der Waals surface area (Å²) in [6.07, 6.45) is -2.17. The van der Waals surface area contributed by atoms with Gasteiger partial charge < -0.3 is 20.7 Å². The summed E-state index contributed by atoms with van der Waals surface area (Å²) in [6.45, 7) is -5.74. The minimum atomic E-state index is -4.64. The van der Waals surface area contributed by atoms with Crippen molar-refractivity contribution in [2.75, 3.05) is 26.7 Å². The van der Waals surface area contributed by atoms with E-state index in [4.69, 9.17) is 16.0 Å². The molecule has 0 saturated carbocycles. The number of rotatable bonds is 8. The van der Waals surface area contributed by atoms with Crippen molar-refractivity contribution in [1.82, 2.24) is 24.8 Å². The number of imidazole rings is 1. The lowest BCUT2D eigenvalue weighted by atomic mass is 9.85. The van der Waals surface area contributed by atoms with Gasteiger partial charge in [-0.15, -0.1) is 0 Å². The molecule has 2 aromatic heterocycles. The molecular formula is C20H27F5N6O2. The largest absolute Gasteiger partial charge is 0.393 e. The molecule has 1 saturated heterocycles. The van der Waals surface area contributed by atoms with Gasteiger partial charge in [-0.1, -0.05) is 13.8 Å². The molecular weight excluding hydrogens is 451 g/mol. The van der Waals surface area contributed by atoms with E-state index in [0.29, 0.717) is 0 Å². The molecule has 0 aliphatic carbocycles. The molecule has 1 aliphatic heterocycles. The van der Waals surface area contributed by atoms with Crippen LogP contribution >= 0.6 is 0 Å². The van der Waals surface area contributed by atoms with E-state index >= 15 is 0 Å². The van der Waals surface area contributed by atoms with E-state index in [2.05, 4.69) is 10.1 Å². The quantitative estimate of drug-likeness (QED) is 0.562. The molecule has 2 amide bonds. The molecule has 0 bridgehead atoms. The van der Waals surface area contributed by atoms with E-state index < -0.39 is 55.2 Å². The maximum absolute atomic E-state index is 14.7. The van der Waals surface area contributed by atoms with Gasteiger partial charge in [-0.05, 0) is 18.9 Å². The van der Waals surface area contributed by atoms with Crippen LogP contribution in [-0.4, -0.2) is 64.3 Å². The second kappa shape index (κ2) is 9.01. The Labute approximate surface area is 192 Å². The molecule has 1 aliphatic rings. The number of nitrogens with one attached hydrogen (secondary N) is 1. The highest BCUT2D eigenvalue weighted by atomic mass is 19.4. The lowest BCUT2D eigenvalue weighted by molar-refractivity contribution is -0.214. The molecule has 2 aromatic rings. The standard InChI is InChI=1S/C20H27F5N6O2/c1-18(2,20(23,24)25)5-4-13(26)14-8-31-16(29-14)6-12(7-28-31)15(9-33-3)30-11-19(21,22)10-27-17(30)32/h6-8,13,15H,4-5,9-11,26H2,1-3H3,(H,27,32)/t13-,15+/m0/s1/i10D2,11D2. The molecule has 33 heavy (non-hydrogen) atoms. The van der Waals surface area contributed by atoms with Crippen molar-refractivity contribution in [3.8, 4) is 0 Å². The number of alkyl halides is 5. The molecule has 0 radical (unpaired) electrons. The monoisotopic (exact) mass is 482 g/mol. The molecule has 184 valence electrons. The SMILES string of the molecule is [2H]C1([2H])NC(=O)N([C@H](COC)c2cnn3cc([C@@H](N)CCC(C)(C)C(F)(F)F)nc3c2)C([2H])([2H])C1(F)F. The van der Waals surface area contributed by atoms with Crippen LogP contribution in [0.3, 0.4) is 0 Å². The second-order valence-corrected chi connectivity index (χ2v) is 8.37. The average Bonchev–Trinajstić information content (AvgIpc) is 3.18. The van der Waals surface area contributed by atoms with E-state index in [1.807, 2.05) is 0 Å². The number of methoxy groups -OCH3 is 1. The number of halogens is 5. The van der Waals surface area contributed by atoms with Crippen LogP contribution in [0.25, 0.3) is 5.65 Å². The highest BCUT2D eigenvalue weighted by molar-refractivity contribution is 5.76. The predicted molar refractivity (Wildman–Crippen MR) is 109 cm³/mol. The molecule has 8 nitrogen and oxygen atoms in total. The van der Waals surface area contributed by atoms with E-state index in [9.17, 15) is 26.7 Å². The lowest BCUT2D eigenvalue weighted by Gasteiger charge is -2.38. The first-order valence-corrected chi connectivity index (χ1v) is 9.92. The summed E-state index contributed by atoms with van der Waals surface area (Å²) in [5, 5.41) is 5.58. The normalized spacial score (nSPS) is 23.8. The van der Waals surface area contributed by atoms with Gasteiger partial charge in [0.25, 0.3) is 5.92 Å². The van der Waals surface area contributed by atoms with E-state index in [0.717, 1.165) is 20.0 Å². The van der Waals surface area contributed by atoms with Gasteiger partial charge >= 0.3 is 12.2 Å². The zero-order chi connectivity index (χ0) is 28.2. The fraction of sp³-hybridized carbons (Fsp3) is 0.650. The number of ether oxygens (including phenoxy) is 1. The summed E-state index contributed by atoms with van der Waals surface area (Å²) in [7, 11) is 1.20. The fourth-order valence-electron chi connectivity index (χ4n) is 3.20. The Morgan fingerprint density at radius 3 is 2.73 bits per heavy atom. The van der Waals surface area contributed by atoms with Crippen LogP contribution in [-0.2, 0) is 4.74 Å². The van der Waals surface area contributed by atoms with Crippen LogP contribution in [0.1, 0.15) is 55.5 Å². The van der Waals surface area contributed by atoms with Crippen LogP contribution in [0.4, 0.5) is 26.7 Å². The van der Waals surface area contributed by atoms with Crippen molar-refractivity contribution in [3.05, 3.63) is 29.7 Å². The second-order valence-electron chi connectivity index (χ2n) is 8.37. The molecule has 3 heterocycles. The van der Waals surface area contributed by atoms with Crippen LogP contribution in [0.15, 0.2) is 18.5 Å². The minimum absolute atomic E-state index is 0.0376. The highest BCUT2D eigenvalue weighted by Gasteiger charge is 2.47. The van der Waals surface area contributed by atoms with E-state index in [1.165, 1.54) is 29.2 Å². The van der Waals surface area contributed by atoms with Crippen molar-refractivity contribution in [3.63, 3.8) is 0 Å². The molecule has 3 rings (SSSR count). The molecule has 0 unspecified atom stereocenters. The first kappa shape index (κ1) is 19.9. The van der Waals surface area contributed by atoms with Gasteiger partial charge in [0.2, 0.25) is 0 Å². The molecule has 0 aromatic carbocycles.